The molecule has 2 aromatic rings. The third kappa shape index (κ3) is 3.35. The Bertz CT molecular complexity index is 610. The number of fused-ring (bicyclic) bond motifs is 1. The number of hydrogen-bond acceptors (Lipinski definition) is 3. The molecule has 0 fully saturated rings. The number of hydrogen-bond donors (Lipinski definition) is 1. The summed E-state index contributed by atoms with van der Waals surface area (Å²) >= 11 is 1.69. The zero-order valence-corrected chi connectivity index (χ0v) is 13.0. The van der Waals surface area contributed by atoms with E-state index in [1.807, 2.05) is 24.3 Å². The molecule has 1 atom stereocenters. The van der Waals surface area contributed by atoms with Gasteiger partial charge in [-0.1, -0.05) is 49.7 Å². The van der Waals surface area contributed by atoms with Crippen molar-refractivity contribution < 1.29 is 9.84 Å². The van der Waals surface area contributed by atoms with Gasteiger partial charge in [-0.2, -0.15) is 0 Å². The van der Waals surface area contributed by atoms with Gasteiger partial charge in [-0.15, -0.1) is 0 Å². The minimum absolute atomic E-state index is 0.261. The summed E-state index contributed by atoms with van der Waals surface area (Å²) in [6.45, 7) is 2.20. The number of aromatic hydroxyl groups is 1. The lowest BCUT2D eigenvalue weighted by atomic mass is 10.1. The van der Waals surface area contributed by atoms with Crippen molar-refractivity contribution in [1.29, 1.82) is 0 Å². The first-order valence-corrected chi connectivity index (χ1v) is 8.33. The summed E-state index contributed by atoms with van der Waals surface area (Å²) in [5.74, 6) is 1.14. The van der Waals surface area contributed by atoms with Crippen LogP contribution >= 0.6 is 11.8 Å². The first-order valence-electron chi connectivity index (χ1n) is 7.51. The van der Waals surface area contributed by atoms with E-state index < -0.39 is 0 Å². The molecule has 0 aromatic heterocycles. The fourth-order valence-electron chi connectivity index (χ4n) is 2.66. The first kappa shape index (κ1) is 14.3. The van der Waals surface area contributed by atoms with Crippen LogP contribution in [-0.4, -0.2) is 11.2 Å². The number of phenolic OH excluding ortho intramolecular Hbond substituents is 1. The Balaban J connectivity index is 1.83. The lowest BCUT2D eigenvalue weighted by Gasteiger charge is -2.09. The molecule has 1 aliphatic heterocycles. The van der Waals surface area contributed by atoms with Crippen LogP contribution in [0.1, 0.15) is 31.7 Å². The molecule has 3 rings (SSSR count). The Kier molecular flexibility index (Phi) is 4.39. The zero-order valence-electron chi connectivity index (χ0n) is 12.2. The molecule has 2 nitrogen and oxygen atoms in total. The van der Waals surface area contributed by atoms with E-state index in [1.165, 1.54) is 23.3 Å². The van der Waals surface area contributed by atoms with Crippen molar-refractivity contribution in [3.63, 3.8) is 0 Å². The van der Waals surface area contributed by atoms with Crippen molar-refractivity contribution in [1.82, 2.24) is 0 Å². The van der Waals surface area contributed by atoms with E-state index in [2.05, 4.69) is 19.1 Å². The fourth-order valence-corrected chi connectivity index (χ4v) is 3.69. The monoisotopic (exact) mass is 300 g/mol. The van der Waals surface area contributed by atoms with E-state index >= 15 is 0 Å². The Morgan fingerprint density at radius 3 is 2.81 bits per heavy atom. The van der Waals surface area contributed by atoms with Gasteiger partial charge in [0.25, 0.3) is 0 Å². The number of benzene rings is 2. The molecule has 0 bridgehead atoms. The molecular weight excluding hydrogens is 280 g/mol. The molecule has 0 aliphatic carbocycles. The Morgan fingerprint density at radius 1 is 1.24 bits per heavy atom. The molecule has 21 heavy (non-hydrogen) atoms. The summed E-state index contributed by atoms with van der Waals surface area (Å²) in [6.07, 6.45) is 4.67. The predicted octanol–water partition coefficient (Wildman–Crippen LogP) is 5.04. The minimum Gasteiger partial charge on any atom is -0.508 e. The van der Waals surface area contributed by atoms with Crippen LogP contribution in [0, 0.1) is 0 Å². The van der Waals surface area contributed by atoms with Crippen molar-refractivity contribution in [2.45, 2.75) is 48.5 Å². The fraction of sp³-hybridized carbons (Fsp3) is 0.333. The average Bonchev–Trinajstić information content (AvgIpc) is 2.89. The molecule has 110 valence electrons. The Labute approximate surface area is 130 Å². The maximum absolute atomic E-state index is 9.92. The highest BCUT2D eigenvalue weighted by Crippen LogP contribution is 2.42. The molecule has 0 saturated carbocycles. The van der Waals surface area contributed by atoms with Crippen molar-refractivity contribution >= 4 is 11.8 Å². The van der Waals surface area contributed by atoms with Crippen LogP contribution in [0.15, 0.2) is 52.3 Å². The molecule has 1 heterocycles. The lowest BCUT2D eigenvalue weighted by Crippen LogP contribution is -2.12. The van der Waals surface area contributed by atoms with Crippen molar-refractivity contribution in [2.24, 2.45) is 0 Å². The van der Waals surface area contributed by atoms with E-state index in [4.69, 9.17) is 4.74 Å². The maximum atomic E-state index is 9.92. The second-order valence-electron chi connectivity index (χ2n) is 5.42. The quantitative estimate of drug-likeness (QED) is 0.839. The average molecular weight is 300 g/mol. The van der Waals surface area contributed by atoms with Gasteiger partial charge in [0.2, 0.25) is 0 Å². The molecule has 1 aliphatic rings. The number of ether oxygens (including phenoxy) is 1. The van der Waals surface area contributed by atoms with Gasteiger partial charge < -0.3 is 9.84 Å². The minimum atomic E-state index is 0.261. The highest BCUT2D eigenvalue weighted by atomic mass is 32.2. The van der Waals surface area contributed by atoms with E-state index in [0.29, 0.717) is 0 Å². The topological polar surface area (TPSA) is 29.5 Å². The largest absolute Gasteiger partial charge is 0.508 e. The van der Waals surface area contributed by atoms with Gasteiger partial charge in [0.1, 0.15) is 17.6 Å². The molecule has 3 heteroatoms. The van der Waals surface area contributed by atoms with Crippen LogP contribution in [0.2, 0.25) is 0 Å². The lowest BCUT2D eigenvalue weighted by molar-refractivity contribution is 0.217. The van der Waals surface area contributed by atoms with Crippen LogP contribution in [-0.2, 0) is 6.42 Å². The maximum Gasteiger partial charge on any atom is 0.127 e. The molecule has 1 N–H and O–H groups in total. The first-order chi connectivity index (χ1) is 10.3. The standard InChI is InChI=1S/C18H20O2S/c1-2-3-7-14-12-16-17(20-14)10-13(19)11-18(16)21-15-8-5-4-6-9-15/h4-6,8-11,14,19H,2-3,7,12H2,1H3. The summed E-state index contributed by atoms with van der Waals surface area (Å²) in [5.41, 5.74) is 1.24. The normalized spacial score (nSPS) is 16.5. The smallest absolute Gasteiger partial charge is 0.127 e. The highest BCUT2D eigenvalue weighted by molar-refractivity contribution is 7.99. The van der Waals surface area contributed by atoms with Gasteiger partial charge in [-0.3, -0.25) is 0 Å². The van der Waals surface area contributed by atoms with E-state index in [9.17, 15) is 5.11 Å². The molecular formula is C18H20O2S. The number of phenols is 1. The molecule has 1 unspecified atom stereocenters. The van der Waals surface area contributed by atoms with Gasteiger partial charge in [0.05, 0.1) is 0 Å². The molecule has 0 amide bonds. The second kappa shape index (κ2) is 6.44. The predicted molar refractivity (Wildman–Crippen MR) is 86.3 cm³/mol. The summed E-state index contributed by atoms with van der Waals surface area (Å²) in [4.78, 5) is 2.29. The summed E-state index contributed by atoms with van der Waals surface area (Å²) < 4.78 is 5.99. The third-order valence-electron chi connectivity index (χ3n) is 3.73. The third-order valence-corrected chi connectivity index (χ3v) is 4.82. The van der Waals surface area contributed by atoms with E-state index in [-0.39, 0.29) is 11.9 Å². The van der Waals surface area contributed by atoms with Crippen LogP contribution in [0.4, 0.5) is 0 Å². The summed E-state index contributed by atoms with van der Waals surface area (Å²) in [7, 11) is 0. The van der Waals surface area contributed by atoms with Gasteiger partial charge in [-0.05, 0) is 24.6 Å². The molecule has 0 saturated heterocycles. The SMILES string of the molecule is CCCCC1Cc2c(cc(O)cc2Sc2ccccc2)O1. The van der Waals surface area contributed by atoms with Gasteiger partial charge in [-0.25, -0.2) is 0 Å². The summed E-state index contributed by atoms with van der Waals surface area (Å²) in [5, 5.41) is 9.92. The van der Waals surface area contributed by atoms with Gasteiger partial charge in [0.15, 0.2) is 0 Å². The molecule has 0 radical (unpaired) electrons. The van der Waals surface area contributed by atoms with E-state index in [0.717, 1.165) is 23.5 Å². The van der Waals surface area contributed by atoms with Crippen LogP contribution in [0.25, 0.3) is 0 Å². The van der Waals surface area contributed by atoms with Gasteiger partial charge >= 0.3 is 0 Å². The zero-order chi connectivity index (χ0) is 14.7. The Morgan fingerprint density at radius 2 is 2.05 bits per heavy atom. The number of rotatable bonds is 5. The van der Waals surface area contributed by atoms with Crippen LogP contribution in [0.3, 0.4) is 0 Å². The van der Waals surface area contributed by atoms with Gasteiger partial charge in [0, 0.05) is 27.8 Å². The van der Waals surface area contributed by atoms with Crippen molar-refractivity contribution in [3.8, 4) is 11.5 Å². The summed E-state index contributed by atoms with van der Waals surface area (Å²) in [6, 6.07) is 13.9. The number of unbranched alkanes of at least 4 members (excludes halogenated alkanes) is 1. The van der Waals surface area contributed by atoms with Crippen molar-refractivity contribution in [3.05, 3.63) is 48.0 Å². The van der Waals surface area contributed by atoms with Crippen LogP contribution < -0.4 is 4.74 Å². The molecule has 0 spiro atoms. The Hall–Kier alpha value is -1.61. The second-order valence-corrected chi connectivity index (χ2v) is 6.54. The van der Waals surface area contributed by atoms with Crippen LogP contribution in [0.5, 0.6) is 11.5 Å². The van der Waals surface area contributed by atoms with Crippen molar-refractivity contribution in [2.75, 3.05) is 0 Å². The highest BCUT2D eigenvalue weighted by Gasteiger charge is 2.26. The van der Waals surface area contributed by atoms with E-state index in [1.54, 1.807) is 17.8 Å². The molecule has 2 aromatic carbocycles.